The molecular formula is C27H28N4O3S2. The number of aromatic nitrogens is 1. The van der Waals surface area contributed by atoms with E-state index in [1.54, 1.807) is 17.0 Å². The molecule has 5 rings (SSSR count). The van der Waals surface area contributed by atoms with Crippen LogP contribution in [0, 0.1) is 0 Å². The molecule has 1 aliphatic rings. The zero-order valence-corrected chi connectivity index (χ0v) is 21.9. The largest absolute Gasteiger partial charge is 0.308 e. The van der Waals surface area contributed by atoms with Gasteiger partial charge in [0.15, 0.2) is 5.13 Å². The van der Waals surface area contributed by atoms with Crippen LogP contribution in [0.5, 0.6) is 0 Å². The minimum atomic E-state index is -3.67. The topological polar surface area (TPSA) is 73.8 Å². The first-order valence-corrected chi connectivity index (χ1v) is 14.1. The van der Waals surface area contributed by atoms with Gasteiger partial charge in [0.1, 0.15) is 0 Å². The highest BCUT2D eigenvalue weighted by Crippen LogP contribution is 2.30. The van der Waals surface area contributed by atoms with Gasteiger partial charge in [-0.1, -0.05) is 47.7 Å². The molecule has 1 amide bonds. The molecule has 7 nitrogen and oxygen atoms in total. The molecule has 1 aromatic heterocycles. The number of carbonyl (C=O) groups is 1. The fraction of sp³-hybridized carbons (Fsp3) is 0.259. The van der Waals surface area contributed by atoms with Crippen molar-refractivity contribution in [3.05, 3.63) is 89.5 Å². The predicted molar refractivity (Wildman–Crippen MR) is 144 cm³/mol. The summed E-state index contributed by atoms with van der Waals surface area (Å²) < 4.78 is 29.2. The highest BCUT2D eigenvalue weighted by Gasteiger charge is 2.29. The Bertz CT molecular complexity index is 1460. The van der Waals surface area contributed by atoms with E-state index in [0.717, 1.165) is 15.8 Å². The van der Waals surface area contributed by atoms with Gasteiger partial charge < -0.3 is 4.90 Å². The highest BCUT2D eigenvalue weighted by molar-refractivity contribution is 7.89. The zero-order valence-electron chi connectivity index (χ0n) is 20.3. The lowest BCUT2D eigenvalue weighted by Gasteiger charge is -2.28. The van der Waals surface area contributed by atoms with Gasteiger partial charge >= 0.3 is 0 Å². The van der Waals surface area contributed by atoms with Crippen LogP contribution in [-0.4, -0.2) is 62.2 Å². The summed E-state index contributed by atoms with van der Waals surface area (Å²) in [6.07, 6.45) is 0.689. The number of anilines is 1. The van der Waals surface area contributed by atoms with Crippen molar-refractivity contribution in [3.63, 3.8) is 0 Å². The number of benzene rings is 3. The second-order valence-corrected chi connectivity index (χ2v) is 12.1. The lowest BCUT2D eigenvalue weighted by Crippen LogP contribution is -2.37. The normalized spacial score (nSPS) is 14.2. The van der Waals surface area contributed by atoms with Crippen LogP contribution < -0.4 is 4.90 Å². The van der Waals surface area contributed by atoms with Crippen LogP contribution in [0.4, 0.5) is 5.13 Å². The van der Waals surface area contributed by atoms with Crippen molar-refractivity contribution < 1.29 is 13.2 Å². The fourth-order valence-corrected chi connectivity index (χ4v) is 6.72. The Morgan fingerprint density at radius 3 is 2.36 bits per heavy atom. The van der Waals surface area contributed by atoms with E-state index in [2.05, 4.69) is 4.98 Å². The first kappa shape index (κ1) is 24.6. The minimum Gasteiger partial charge on any atom is -0.308 e. The quantitative estimate of drug-likeness (QED) is 0.364. The zero-order chi connectivity index (χ0) is 25.3. The van der Waals surface area contributed by atoms with Gasteiger partial charge in [0, 0.05) is 31.7 Å². The average Bonchev–Trinajstić information content (AvgIpc) is 3.32. The highest BCUT2D eigenvalue weighted by atomic mass is 32.2. The maximum atomic E-state index is 13.5. The first-order valence-electron chi connectivity index (χ1n) is 11.8. The third-order valence-electron chi connectivity index (χ3n) is 6.36. The van der Waals surface area contributed by atoms with Crippen molar-refractivity contribution in [2.75, 3.05) is 38.6 Å². The number of nitrogens with zero attached hydrogens (tertiary/aromatic N) is 4. The van der Waals surface area contributed by atoms with E-state index in [1.807, 2.05) is 67.5 Å². The lowest BCUT2D eigenvalue weighted by atomic mass is 10.0. The Balaban J connectivity index is 1.39. The molecule has 2 heterocycles. The van der Waals surface area contributed by atoms with E-state index in [0.29, 0.717) is 43.3 Å². The number of sulfonamides is 1. The molecule has 0 saturated heterocycles. The maximum Gasteiger partial charge on any atom is 0.260 e. The van der Waals surface area contributed by atoms with Crippen molar-refractivity contribution in [2.24, 2.45) is 0 Å². The molecule has 1 aliphatic heterocycles. The van der Waals surface area contributed by atoms with Crippen LogP contribution in [0.15, 0.2) is 77.7 Å². The molecular weight excluding hydrogens is 492 g/mol. The summed E-state index contributed by atoms with van der Waals surface area (Å²) in [6.45, 7) is 1.94. The number of likely N-dealkylation sites (N-methyl/N-ethyl adjacent to an activating group) is 1. The van der Waals surface area contributed by atoms with Crippen molar-refractivity contribution >= 4 is 42.6 Å². The molecule has 9 heteroatoms. The smallest absolute Gasteiger partial charge is 0.260 e. The lowest BCUT2D eigenvalue weighted by molar-refractivity contribution is 0.0985. The van der Waals surface area contributed by atoms with Gasteiger partial charge in [0.05, 0.1) is 15.1 Å². The molecule has 0 unspecified atom stereocenters. The molecule has 4 aromatic rings. The maximum absolute atomic E-state index is 13.5. The van der Waals surface area contributed by atoms with Crippen LogP contribution >= 0.6 is 11.3 Å². The number of para-hydroxylation sites is 1. The summed E-state index contributed by atoms with van der Waals surface area (Å²) in [5, 5.41) is 0.631. The standard InChI is InChI=1S/C27H28N4O3S2/c1-29(2)17-18-31(27-28-24-9-5-6-10-25(24)35-27)26(32)21-11-13-23(14-12-21)36(33,34)30-16-15-20-7-3-4-8-22(20)19-30/h3-14H,15-19H2,1-2H3. The van der Waals surface area contributed by atoms with E-state index in [4.69, 9.17) is 0 Å². The van der Waals surface area contributed by atoms with E-state index in [-0.39, 0.29) is 10.8 Å². The minimum absolute atomic E-state index is 0.193. The summed E-state index contributed by atoms with van der Waals surface area (Å²) in [6, 6.07) is 22.0. The van der Waals surface area contributed by atoms with Gasteiger partial charge in [0.25, 0.3) is 5.91 Å². The molecule has 0 atom stereocenters. The number of carbonyl (C=O) groups excluding carboxylic acids is 1. The van der Waals surface area contributed by atoms with Gasteiger partial charge in [-0.2, -0.15) is 4.31 Å². The molecule has 186 valence electrons. The number of fused-ring (bicyclic) bond motifs is 2. The Morgan fingerprint density at radius 1 is 0.944 bits per heavy atom. The van der Waals surface area contributed by atoms with E-state index >= 15 is 0 Å². The predicted octanol–water partition coefficient (Wildman–Crippen LogP) is 4.25. The van der Waals surface area contributed by atoms with Crippen molar-refractivity contribution in [3.8, 4) is 0 Å². The third kappa shape index (κ3) is 4.92. The van der Waals surface area contributed by atoms with Crippen LogP contribution in [0.1, 0.15) is 21.5 Å². The molecule has 0 fully saturated rings. The molecule has 36 heavy (non-hydrogen) atoms. The Labute approximate surface area is 215 Å². The summed E-state index contributed by atoms with van der Waals surface area (Å²) in [7, 11) is 0.249. The number of thiazole rings is 1. The number of rotatable bonds is 7. The summed E-state index contributed by atoms with van der Waals surface area (Å²) in [4.78, 5) is 22.1. The number of hydrogen-bond donors (Lipinski definition) is 0. The Morgan fingerprint density at radius 2 is 1.64 bits per heavy atom. The second kappa shape index (κ2) is 10.1. The molecule has 0 bridgehead atoms. The summed E-state index contributed by atoms with van der Waals surface area (Å²) in [5.41, 5.74) is 3.50. The average molecular weight is 521 g/mol. The molecule has 0 radical (unpaired) electrons. The fourth-order valence-electron chi connectivity index (χ4n) is 4.31. The van der Waals surface area contributed by atoms with Crippen LogP contribution in [0.3, 0.4) is 0 Å². The summed E-state index contributed by atoms with van der Waals surface area (Å²) >= 11 is 1.47. The van der Waals surface area contributed by atoms with Gasteiger partial charge in [-0.25, -0.2) is 13.4 Å². The van der Waals surface area contributed by atoms with Crippen molar-refractivity contribution in [1.29, 1.82) is 0 Å². The van der Waals surface area contributed by atoms with Gasteiger partial charge in [-0.15, -0.1) is 0 Å². The molecule has 3 aromatic carbocycles. The molecule has 0 saturated carbocycles. The number of hydrogen-bond acceptors (Lipinski definition) is 6. The molecule has 0 aliphatic carbocycles. The monoisotopic (exact) mass is 520 g/mol. The van der Waals surface area contributed by atoms with E-state index in [1.165, 1.54) is 33.3 Å². The van der Waals surface area contributed by atoms with E-state index < -0.39 is 10.0 Å². The van der Waals surface area contributed by atoms with Crippen LogP contribution in [0.25, 0.3) is 10.2 Å². The molecule has 0 spiro atoms. The SMILES string of the molecule is CN(C)CCN(C(=O)c1ccc(S(=O)(=O)N2CCc3ccccc3C2)cc1)c1nc2ccccc2s1. The van der Waals surface area contributed by atoms with Crippen molar-refractivity contribution in [2.45, 2.75) is 17.9 Å². The van der Waals surface area contributed by atoms with E-state index in [9.17, 15) is 13.2 Å². The Hall–Kier alpha value is -3.11. The third-order valence-corrected chi connectivity index (χ3v) is 9.28. The van der Waals surface area contributed by atoms with Gasteiger partial charge in [-0.05, 0) is 68.0 Å². The van der Waals surface area contributed by atoms with Crippen molar-refractivity contribution in [1.82, 2.24) is 14.2 Å². The van der Waals surface area contributed by atoms with Crippen LogP contribution in [0.2, 0.25) is 0 Å². The second-order valence-electron chi connectivity index (χ2n) is 9.11. The first-order chi connectivity index (χ1) is 17.3. The van der Waals surface area contributed by atoms with Gasteiger partial charge in [0.2, 0.25) is 10.0 Å². The van der Waals surface area contributed by atoms with Gasteiger partial charge in [-0.3, -0.25) is 9.69 Å². The van der Waals surface area contributed by atoms with Crippen LogP contribution in [-0.2, 0) is 23.0 Å². The molecule has 0 N–H and O–H groups in total. The Kier molecular flexibility index (Phi) is 6.90. The number of amides is 1. The summed E-state index contributed by atoms with van der Waals surface area (Å²) in [5.74, 6) is -0.202.